The van der Waals surface area contributed by atoms with E-state index in [0.717, 1.165) is 34.4 Å². The van der Waals surface area contributed by atoms with E-state index in [1.54, 1.807) is 11.3 Å². The number of nitrogens with zero attached hydrogens (tertiary/aromatic N) is 3. The summed E-state index contributed by atoms with van der Waals surface area (Å²) in [5.41, 5.74) is 3.65. The highest BCUT2D eigenvalue weighted by Gasteiger charge is 2.15. The van der Waals surface area contributed by atoms with Gasteiger partial charge in [0.2, 0.25) is 5.91 Å². The van der Waals surface area contributed by atoms with Gasteiger partial charge in [-0.2, -0.15) is 0 Å². The standard InChI is InChI=1S/C18H18N4OS2/c1-22-17(15-6-3-9-24-15)20-21-18(22)25-11-16(23)19-14-8-7-12-4-2-5-13(12)10-14/h3,6-10H,2,4-5,11H2,1H3,(H,19,23). The molecule has 0 saturated carbocycles. The van der Waals surface area contributed by atoms with E-state index in [1.807, 2.05) is 35.2 Å². The van der Waals surface area contributed by atoms with E-state index in [1.165, 1.54) is 29.3 Å². The Labute approximate surface area is 154 Å². The van der Waals surface area contributed by atoms with Crippen LogP contribution in [0.5, 0.6) is 0 Å². The molecule has 0 bridgehead atoms. The number of rotatable bonds is 5. The van der Waals surface area contributed by atoms with Crippen LogP contribution < -0.4 is 5.32 Å². The lowest BCUT2D eigenvalue weighted by Gasteiger charge is -2.07. The normalized spacial score (nSPS) is 13.0. The van der Waals surface area contributed by atoms with Crippen LogP contribution in [0.25, 0.3) is 10.7 Å². The first-order valence-electron chi connectivity index (χ1n) is 8.18. The van der Waals surface area contributed by atoms with E-state index >= 15 is 0 Å². The molecular formula is C18H18N4OS2. The number of hydrogen-bond acceptors (Lipinski definition) is 5. The average molecular weight is 371 g/mol. The second-order valence-electron chi connectivity index (χ2n) is 6.02. The second-order valence-corrected chi connectivity index (χ2v) is 7.91. The Morgan fingerprint density at radius 2 is 2.16 bits per heavy atom. The highest BCUT2D eigenvalue weighted by molar-refractivity contribution is 7.99. The molecule has 0 spiro atoms. The maximum absolute atomic E-state index is 12.2. The van der Waals surface area contributed by atoms with Gasteiger partial charge >= 0.3 is 0 Å². The number of thioether (sulfide) groups is 1. The number of fused-ring (bicyclic) bond motifs is 1. The molecule has 1 aromatic carbocycles. The number of aromatic nitrogens is 3. The molecule has 128 valence electrons. The van der Waals surface area contributed by atoms with Crippen molar-refractivity contribution in [1.29, 1.82) is 0 Å². The van der Waals surface area contributed by atoms with Crippen molar-refractivity contribution in [2.24, 2.45) is 7.05 Å². The summed E-state index contributed by atoms with van der Waals surface area (Å²) in [6.07, 6.45) is 3.47. The van der Waals surface area contributed by atoms with Crippen LogP contribution in [-0.2, 0) is 24.7 Å². The summed E-state index contributed by atoms with van der Waals surface area (Å²) in [4.78, 5) is 13.3. The van der Waals surface area contributed by atoms with Crippen LogP contribution in [0, 0.1) is 0 Å². The van der Waals surface area contributed by atoms with Crippen LogP contribution in [0.15, 0.2) is 40.9 Å². The molecule has 4 rings (SSSR count). The predicted molar refractivity (Wildman–Crippen MR) is 102 cm³/mol. The Morgan fingerprint density at radius 3 is 3.00 bits per heavy atom. The third-order valence-corrected chi connectivity index (χ3v) is 6.18. The first kappa shape index (κ1) is 16.4. The lowest BCUT2D eigenvalue weighted by Crippen LogP contribution is -2.14. The van der Waals surface area contributed by atoms with Crippen molar-refractivity contribution >= 4 is 34.7 Å². The van der Waals surface area contributed by atoms with Crippen molar-refractivity contribution in [3.63, 3.8) is 0 Å². The smallest absolute Gasteiger partial charge is 0.234 e. The van der Waals surface area contributed by atoms with Gasteiger partial charge in [0, 0.05) is 12.7 Å². The SMILES string of the molecule is Cn1c(SCC(=O)Nc2ccc3c(c2)CCC3)nnc1-c1cccs1. The number of amides is 1. The lowest BCUT2D eigenvalue weighted by atomic mass is 10.1. The zero-order valence-electron chi connectivity index (χ0n) is 13.9. The zero-order valence-corrected chi connectivity index (χ0v) is 15.5. The molecule has 25 heavy (non-hydrogen) atoms. The summed E-state index contributed by atoms with van der Waals surface area (Å²) in [7, 11) is 1.93. The summed E-state index contributed by atoms with van der Waals surface area (Å²) in [5, 5.41) is 14.2. The van der Waals surface area contributed by atoms with Gasteiger partial charge in [-0.15, -0.1) is 21.5 Å². The van der Waals surface area contributed by atoms with Crippen molar-refractivity contribution in [1.82, 2.24) is 14.8 Å². The first-order valence-corrected chi connectivity index (χ1v) is 10.0. The molecule has 0 radical (unpaired) electrons. The van der Waals surface area contributed by atoms with Crippen LogP contribution in [-0.4, -0.2) is 26.4 Å². The molecule has 3 aromatic rings. The number of aryl methyl sites for hydroxylation is 2. The molecular weight excluding hydrogens is 352 g/mol. The van der Waals surface area contributed by atoms with Gasteiger partial charge in [0.05, 0.1) is 10.6 Å². The molecule has 0 unspecified atom stereocenters. The Hall–Kier alpha value is -2.12. The Kier molecular flexibility index (Phi) is 4.59. The van der Waals surface area contributed by atoms with Gasteiger partial charge in [-0.3, -0.25) is 4.79 Å². The molecule has 1 aliphatic rings. The number of hydrogen-bond donors (Lipinski definition) is 1. The van der Waals surface area contributed by atoms with Crippen LogP contribution >= 0.6 is 23.1 Å². The van der Waals surface area contributed by atoms with Gasteiger partial charge in [-0.1, -0.05) is 23.9 Å². The van der Waals surface area contributed by atoms with Crippen molar-refractivity contribution in [3.05, 3.63) is 46.8 Å². The topological polar surface area (TPSA) is 59.8 Å². The molecule has 2 heterocycles. The van der Waals surface area contributed by atoms with E-state index in [9.17, 15) is 4.79 Å². The van der Waals surface area contributed by atoms with Gasteiger partial charge in [0.1, 0.15) is 0 Å². The number of benzene rings is 1. The molecule has 0 aliphatic heterocycles. The summed E-state index contributed by atoms with van der Waals surface area (Å²) >= 11 is 3.03. The van der Waals surface area contributed by atoms with E-state index < -0.39 is 0 Å². The summed E-state index contributed by atoms with van der Waals surface area (Å²) < 4.78 is 1.93. The van der Waals surface area contributed by atoms with Crippen LogP contribution in [0.2, 0.25) is 0 Å². The average Bonchev–Trinajstić information content (AvgIpc) is 3.33. The van der Waals surface area contributed by atoms with Crippen molar-refractivity contribution in [3.8, 4) is 10.7 Å². The third kappa shape index (κ3) is 3.48. The predicted octanol–water partition coefficient (Wildman–Crippen LogP) is 3.76. The quantitative estimate of drug-likeness (QED) is 0.695. The summed E-state index contributed by atoms with van der Waals surface area (Å²) in [6, 6.07) is 10.2. The van der Waals surface area contributed by atoms with Crippen LogP contribution in [0.1, 0.15) is 17.5 Å². The molecule has 5 nitrogen and oxygen atoms in total. The minimum Gasteiger partial charge on any atom is -0.325 e. The minimum absolute atomic E-state index is 0.0244. The van der Waals surface area contributed by atoms with E-state index in [2.05, 4.69) is 27.6 Å². The van der Waals surface area contributed by atoms with Gasteiger partial charge in [-0.05, 0) is 54.0 Å². The molecule has 1 aliphatic carbocycles. The highest BCUT2D eigenvalue weighted by Crippen LogP contribution is 2.27. The molecule has 1 amide bonds. The number of thiophene rings is 1. The van der Waals surface area contributed by atoms with Gasteiger partial charge < -0.3 is 9.88 Å². The molecule has 7 heteroatoms. The van der Waals surface area contributed by atoms with Crippen molar-refractivity contribution in [2.75, 3.05) is 11.1 Å². The molecule has 0 saturated heterocycles. The lowest BCUT2D eigenvalue weighted by molar-refractivity contribution is -0.113. The highest BCUT2D eigenvalue weighted by atomic mass is 32.2. The number of anilines is 1. The molecule has 1 N–H and O–H groups in total. The van der Waals surface area contributed by atoms with Gasteiger partial charge in [-0.25, -0.2) is 0 Å². The third-order valence-electron chi connectivity index (χ3n) is 4.29. The Balaban J connectivity index is 1.38. The van der Waals surface area contributed by atoms with Gasteiger partial charge in [0.15, 0.2) is 11.0 Å². The minimum atomic E-state index is -0.0244. The molecule has 2 aromatic heterocycles. The first-order chi connectivity index (χ1) is 12.2. The maximum Gasteiger partial charge on any atom is 0.234 e. The summed E-state index contributed by atoms with van der Waals surface area (Å²) in [6.45, 7) is 0. The van der Waals surface area contributed by atoms with Crippen LogP contribution in [0.4, 0.5) is 5.69 Å². The molecule has 0 atom stereocenters. The van der Waals surface area contributed by atoms with Crippen molar-refractivity contribution < 1.29 is 4.79 Å². The van der Waals surface area contributed by atoms with E-state index in [4.69, 9.17) is 0 Å². The summed E-state index contributed by atoms with van der Waals surface area (Å²) in [5.74, 6) is 1.12. The number of carbonyl (C=O) groups is 1. The molecule has 0 fully saturated rings. The van der Waals surface area contributed by atoms with Crippen LogP contribution in [0.3, 0.4) is 0 Å². The largest absolute Gasteiger partial charge is 0.325 e. The fourth-order valence-corrected chi connectivity index (χ4v) is 4.49. The zero-order chi connectivity index (χ0) is 17.2. The number of nitrogens with one attached hydrogen (secondary N) is 1. The Bertz CT molecular complexity index is 902. The van der Waals surface area contributed by atoms with Crippen molar-refractivity contribution in [2.45, 2.75) is 24.4 Å². The number of carbonyl (C=O) groups excluding carboxylic acids is 1. The second kappa shape index (κ2) is 7.01. The van der Waals surface area contributed by atoms with E-state index in [-0.39, 0.29) is 5.91 Å². The van der Waals surface area contributed by atoms with E-state index in [0.29, 0.717) is 5.75 Å². The van der Waals surface area contributed by atoms with Gasteiger partial charge in [0.25, 0.3) is 0 Å². The fraction of sp³-hybridized carbons (Fsp3) is 0.278. The monoisotopic (exact) mass is 370 g/mol. The fourth-order valence-electron chi connectivity index (χ4n) is 3.04. The maximum atomic E-state index is 12.2. The Morgan fingerprint density at radius 1 is 1.28 bits per heavy atom.